The van der Waals surface area contributed by atoms with Crippen molar-refractivity contribution in [3.05, 3.63) is 65.7 Å². The molecule has 0 bridgehead atoms. The van der Waals surface area contributed by atoms with Gasteiger partial charge in [-0.2, -0.15) is 0 Å². The van der Waals surface area contributed by atoms with Crippen molar-refractivity contribution in [3.8, 4) is 17.0 Å². The first-order chi connectivity index (χ1) is 16.4. The predicted molar refractivity (Wildman–Crippen MR) is 137 cm³/mol. The molecule has 2 heterocycles. The van der Waals surface area contributed by atoms with Crippen molar-refractivity contribution in [2.45, 2.75) is 26.7 Å². The molecule has 1 amide bonds. The second kappa shape index (κ2) is 10.7. The molecular formula is C27H33N5O2. The summed E-state index contributed by atoms with van der Waals surface area (Å²) in [5.41, 5.74) is 4.57. The molecule has 1 N–H and O–H groups in total. The number of hydrogen-bond donors (Lipinski definition) is 1. The van der Waals surface area contributed by atoms with Gasteiger partial charge in [0.15, 0.2) is 12.4 Å². The Labute approximate surface area is 201 Å². The lowest BCUT2D eigenvalue weighted by atomic mass is 10.0. The summed E-state index contributed by atoms with van der Waals surface area (Å²) >= 11 is 0. The molecule has 1 saturated heterocycles. The van der Waals surface area contributed by atoms with Crippen LogP contribution < -0.4 is 15.0 Å². The van der Waals surface area contributed by atoms with Gasteiger partial charge < -0.3 is 19.9 Å². The summed E-state index contributed by atoms with van der Waals surface area (Å²) < 4.78 is 5.86. The second-order valence-corrected chi connectivity index (χ2v) is 9.18. The van der Waals surface area contributed by atoms with Gasteiger partial charge in [0.05, 0.1) is 5.69 Å². The van der Waals surface area contributed by atoms with E-state index in [2.05, 4.69) is 58.3 Å². The van der Waals surface area contributed by atoms with Gasteiger partial charge in [0, 0.05) is 37.4 Å². The summed E-state index contributed by atoms with van der Waals surface area (Å²) in [7, 11) is 2.13. The molecule has 34 heavy (non-hydrogen) atoms. The summed E-state index contributed by atoms with van der Waals surface area (Å²) in [5.74, 6) is 1.77. The summed E-state index contributed by atoms with van der Waals surface area (Å²) in [6.45, 7) is 10.2. The summed E-state index contributed by atoms with van der Waals surface area (Å²) in [4.78, 5) is 17.1. The zero-order valence-corrected chi connectivity index (χ0v) is 20.4. The summed E-state index contributed by atoms with van der Waals surface area (Å²) in [5, 5.41) is 11.8. The quantitative estimate of drug-likeness (QED) is 0.567. The first-order valence-corrected chi connectivity index (χ1v) is 11.8. The van der Waals surface area contributed by atoms with Crippen LogP contribution in [0.1, 0.15) is 30.9 Å². The minimum absolute atomic E-state index is 0.0487. The molecule has 4 rings (SSSR count). The third-order valence-corrected chi connectivity index (χ3v) is 6.07. The van der Waals surface area contributed by atoms with Crippen molar-refractivity contribution in [3.63, 3.8) is 0 Å². The van der Waals surface area contributed by atoms with Crippen LogP contribution in [0.3, 0.4) is 0 Å². The molecule has 0 spiro atoms. The maximum atomic E-state index is 12.6. The summed E-state index contributed by atoms with van der Waals surface area (Å²) in [6.07, 6.45) is 0. The third kappa shape index (κ3) is 5.91. The Bertz CT molecular complexity index is 1120. The van der Waals surface area contributed by atoms with Gasteiger partial charge in [0.25, 0.3) is 5.91 Å². The van der Waals surface area contributed by atoms with Crippen molar-refractivity contribution in [1.82, 2.24) is 15.1 Å². The van der Waals surface area contributed by atoms with Crippen molar-refractivity contribution in [2.24, 2.45) is 0 Å². The number of anilines is 2. The number of hydrogen-bond acceptors (Lipinski definition) is 6. The van der Waals surface area contributed by atoms with Gasteiger partial charge in [-0.15, -0.1) is 10.2 Å². The Morgan fingerprint density at radius 1 is 1.03 bits per heavy atom. The van der Waals surface area contributed by atoms with E-state index in [0.717, 1.165) is 60.1 Å². The van der Waals surface area contributed by atoms with E-state index < -0.39 is 0 Å². The smallest absolute Gasteiger partial charge is 0.262 e. The standard InChI is InChI=1S/C27H33N5O2/c1-19(2)23-9-8-20(3)16-25(23)34-18-27(33)28-22-7-5-6-21(17-22)24-10-11-26(30-29-24)32-14-12-31(4)13-15-32/h5-11,16-17,19H,12-15,18H2,1-4H3,(H,28,33). The number of likely N-dealkylation sites (N-methyl/N-ethyl adjacent to an activating group) is 1. The third-order valence-electron chi connectivity index (χ3n) is 6.07. The van der Waals surface area contributed by atoms with Gasteiger partial charge in [-0.1, -0.05) is 38.1 Å². The number of aromatic nitrogens is 2. The lowest BCUT2D eigenvalue weighted by molar-refractivity contribution is -0.118. The van der Waals surface area contributed by atoms with Crippen molar-refractivity contribution in [2.75, 3.05) is 50.1 Å². The molecule has 0 aliphatic carbocycles. The lowest BCUT2D eigenvalue weighted by Gasteiger charge is -2.32. The van der Waals surface area contributed by atoms with E-state index in [1.807, 2.05) is 49.4 Å². The molecule has 0 atom stereocenters. The molecule has 1 aliphatic rings. The number of nitrogens with zero attached hydrogens (tertiary/aromatic N) is 4. The van der Waals surface area contributed by atoms with E-state index in [1.54, 1.807) is 0 Å². The highest BCUT2D eigenvalue weighted by Gasteiger charge is 2.16. The number of benzene rings is 2. The second-order valence-electron chi connectivity index (χ2n) is 9.18. The fraction of sp³-hybridized carbons (Fsp3) is 0.370. The van der Waals surface area contributed by atoms with Crippen LogP contribution in [0.5, 0.6) is 5.75 Å². The molecule has 3 aromatic rings. The largest absolute Gasteiger partial charge is 0.483 e. The Balaban J connectivity index is 1.38. The van der Waals surface area contributed by atoms with Crippen LogP contribution in [0, 0.1) is 6.92 Å². The Morgan fingerprint density at radius 3 is 2.53 bits per heavy atom. The fourth-order valence-electron chi connectivity index (χ4n) is 4.02. The predicted octanol–water partition coefficient (Wildman–Crippen LogP) is 4.34. The van der Waals surface area contributed by atoms with Crippen LogP contribution in [0.4, 0.5) is 11.5 Å². The van der Waals surface area contributed by atoms with Crippen LogP contribution in [-0.2, 0) is 4.79 Å². The van der Waals surface area contributed by atoms with Crippen LogP contribution >= 0.6 is 0 Å². The maximum absolute atomic E-state index is 12.6. The zero-order chi connectivity index (χ0) is 24.1. The number of carbonyl (C=O) groups excluding carboxylic acids is 1. The molecule has 1 aromatic heterocycles. The number of ether oxygens (including phenoxy) is 1. The highest BCUT2D eigenvalue weighted by Crippen LogP contribution is 2.27. The highest BCUT2D eigenvalue weighted by molar-refractivity contribution is 5.92. The molecule has 0 radical (unpaired) electrons. The average Bonchev–Trinajstić information content (AvgIpc) is 2.83. The molecule has 7 heteroatoms. The Hall–Kier alpha value is -3.45. The van der Waals surface area contributed by atoms with E-state index >= 15 is 0 Å². The van der Waals surface area contributed by atoms with Crippen LogP contribution in [0.15, 0.2) is 54.6 Å². The van der Waals surface area contributed by atoms with Gasteiger partial charge in [-0.25, -0.2) is 0 Å². The number of rotatable bonds is 7. The minimum Gasteiger partial charge on any atom is -0.483 e. The maximum Gasteiger partial charge on any atom is 0.262 e. The molecule has 7 nitrogen and oxygen atoms in total. The monoisotopic (exact) mass is 459 g/mol. The highest BCUT2D eigenvalue weighted by atomic mass is 16.5. The lowest BCUT2D eigenvalue weighted by Crippen LogP contribution is -2.44. The zero-order valence-electron chi connectivity index (χ0n) is 20.4. The minimum atomic E-state index is -0.204. The number of carbonyl (C=O) groups is 1. The topological polar surface area (TPSA) is 70.6 Å². The molecule has 2 aromatic carbocycles. The molecule has 1 aliphatic heterocycles. The molecule has 0 unspecified atom stereocenters. The van der Waals surface area contributed by atoms with Crippen LogP contribution in [0.25, 0.3) is 11.3 Å². The van der Waals surface area contributed by atoms with Gasteiger partial charge in [0.1, 0.15) is 5.75 Å². The SMILES string of the molecule is Cc1ccc(C(C)C)c(OCC(=O)Nc2cccc(-c3ccc(N4CCN(C)CC4)nn3)c2)c1. The van der Waals surface area contributed by atoms with Crippen molar-refractivity contribution < 1.29 is 9.53 Å². The number of amides is 1. The van der Waals surface area contributed by atoms with Crippen LogP contribution in [-0.4, -0.2) is 60.8 Å². The molecular weight excluding hydrogens is 426 g/mol. The van der Waals surface area contributed by atoms with Gasteiger partial charge in [0.2, 0.25) is 0 Å². The van der Waals surface area contributed by atoms with E-state index in [-0.39, 0.29) is 12.5 Å². The van der Waals surface area contributed by atoms with Gasteiger partial charge in [-0.3, -0.25) is 4.79 Å². The number of piperazine rings is 1. The average molecular weight is 460 g/mol. The van der Waals surface area contributed by atoms with E-state index in [1.165, 1.54) is 0 Å². The Kier molecular flexibility index (Phi) is 7.43. The summed E-state index contributed by atoms with van der Waals surface area (Å²) in [6, 6.07) is 17.7. The van der Waals surface area contributed by atoms with Gasteiger partial charge in [-0.05, 0) is 61.3 Å². The molecule has 1 fully saturated rings. The van der Waals surface area contributed by atoms with E-state index in [0.29, 0.717) is 11.6 Å². The molecule has 0 saturated carbocycles. The normalized spacial score (nSPS) is 14.3. The van der Waals surface area contributed by atoms with E-state index in [9.17, 15) is 4.79 Å². The van der Waals surface area contributed by atoms with Gasteiger partial charge >= 0.3 is 0 Å². The Morgan fingerprint density at radius 2 is 1.82 bits per heavy atom. The van der Waals surface area contributed by atoms with Crippen molar-refractivity contribution in [1.29, 1.82) is 0 Å². The first kappa shape index (κ1) is 23.7. The van der Waals surface area contributed by atoms with E-state index in [4.69, 9.17) is 4.74 Å². The molecule has 178 valence electrons. The first-order valence-electron chi connectivity index (χ1n) is 11.8. The number of aryl methyl sites for hydroxylation is 1. The van der Waals surface area contributed by atoms with Crippen molar-refractivity contribution >= 4 is 17.4 Å². The van der Waals surface area contributed by atoms with Crippen LogP contribution in [0.2, 0.25) is 0 Å². The fourth-order valence-corrected chi connectivity index (χ4v) is 4.02. The number of nitrogens with one attached hydrogen (secondary N) is 1.